The van der Waals surface area contributed by atoms with Crippen LogP contribution in [0.5, 0.6) is 11.5 Å². The van der Waals surface area contributed by atoms with Gasteiger partial charge >= 0.3 is 6.18 Å². The number of benzene rings is 2. The standard InChI is InChI=1S/C22H28F3N3O3/c1-4-26-21(28-18-10-11-19(31-5-2)20(12-18)29-3)27-13-16-6-8-17(9-7-16)14-30-15-22(23,24)25/h6-12H,4-5,13-15H2,1-3H3,(H2,26,27,28). The molecule has 0 aromatic heterocycles. The number of hydrogen-bond donors (Lipinski definition) is 2. The lowest BCUT2D eigenvalue weighted by Gasteiger charge is -2.14. The van der Waals surface area contributed by atoms with Crippen LogP contribution in [-0.4, -0.2) is 39.0 Å². The Morgan fingerprint density at radius 3 is 2.32 bits per heavy atom. The zero-order valence-electron chi connectivity index (χ0n) is 17.9. The smallest absolute Gasteiger partial charge is 0.411 e. The number of aliphatic imine (C=N–C) groups is 1. The molecule has 2 aromatic carbocycles. The van der Waals surface area contributed by atoms with Gasteiger partial charge in [-0.05, 0) is 37.1 Å². The highest BCUT2D eigenvalue weighted by Crippen LogP contribution is 2.30. The van der Waals surface area contributed by atoms with Gasteiger partial charge in [-0.1, -0.05) is 24.3 Å². The van der Waals surface area contributed by atoms with Gasteiger partial charge in [0.05, 0.1) is 26.9 Å². The van der Waals surface area contributed by atoms with Crippen molar-refractivity contribution in [3.63, 3.8) is 0 Å². The highest BCUT2D eigenvalue weighted by atomic mass is 19.4. The second kappa shape index (κ2) is 12.0. The summed E-state index contributed by atoms with van der Waals surface area (Å²) in [4.78, 5) is 4.56. The lowest BCUT2D eigenvalue weighted by atomic mass is 10.1. The summed E-state index contributed by atoms with van der Waals surface area (Å²) >= 11 is 0. The number of nitrogens with zero attached hydrogens (tertiary/aromatic N) is 1. The van der Waals surface area contributed by atoms with E-state index in [2.05, 4.69) is 20.4 Å². The molecule has 2 rings (SSSR count). The molecular formula is C22H28F3N3O3. The molecule has 0 saturated heterocycles. The summed E-state index contributed by atoms with van der Waals surface area (Å²) < 4.78 is 52.0. The van der Waals surface area contributed by atoms with Crippen molar-refractivity contribution in [2.75, 3.05) is 32.2 Å². The Kier molecular flexibility index (Phi) is 9.45. The SMILES string of the molecule is CCNC(=NCc1ccc(COCC(F)(F)F)cc1)Nc1ccc(OCC)c(OC)c1. The fourth-order valence-electron chi connectivity index (χ4n) is 2.66. The van der Waals surface area contributed by atoms with Gasteiger partial charge in [0, 0.05) is 18.3 Å². The van der Waals surface area contributed by atoms with Crippen molar-refractivity contribution in [3.8, 4) is 11.5 Å². The first-order valence-electron chi connectivity index (χ1n) is 9.93. The Balaban J connectivity index is 1.99. The lowest BCUT2D eigenvalue weighted by molar-refractivity contribution is -0.176. The summed E-state index contributed by atoms with van der Waals surface area (Å²) in [5.41, 5.74) is 2.38. The van der Waals surface area contributed by atoms with E-state index in [4.69, 9.17) is 9.47 Å². The highest BCUT2D eigenvalue weighted by molar-refractivity contribution is 5.93. The number of rotatable bonds is 10. The molecule has 170 valence electrons. The molecule has 0 aliphatic heterocycles. The number of guanidine groups is 1. The predicted octanol–water partition coefficient (Wildman–Crippen LogP) is 4.75. The van der Waals surface area contributed by atoms with Crippen LogP contribution < -0.4 is 20.1 Å². The van der Waals surface area contributed by atoms with Crippen LogP contribution in [0.1, 0.15) is 25.0 Å². The normalized spacial score (nSPS) is 11.9. The zero-order valence-corrected chi connectivity index (χ0v) is 17.9. The lowest BCUT2D eigenvalue weighted by Crippen LogP contribution is -2.30. The van der Waals surface area contributed by atoms with Crippen LogP contribution in [0.3, 0.4) is 0 Å². The number of methoxy groups -OCH3 is 1. The van der Waals surface area contributed by atoms with E-state index in [9.17, 15) is 13.2 Å². The van der Waals surface area contributed by atoms with Gasteiger partial charge in [-0.3, -0.25) is 0 Å². The monoisotopic (exact) mass is 439 g/mol. The van der Waals surface area contributed by atoms with Crippen molar-refractivity contribution in [1.29, 1.82) is 0 Å². The van der Waals surface area contributed by atoms with Crippen LogP contribution >= 0.6 is 0 Å². The maximum absolute atomic E-state index is 12.1. The first kappa shape index (κ1) is 24.3. The van der Waals surface area contributed by atoms with E-state index < -0.39 is 12.8 Å². The third-order valence-corrected chi connectivity index (χ3v) is 4.05. The number of alkyl halides is 3. The number of anilines is 1. The molecule has 0 atom stereocenters. The minimum atomic E-state index is -4.32. The number of hydrogen-bond acceptors (Lipinski definition) is 4. The van der Waals surface area contributed by atoms with Crippen molar-refractivity contribution in [1.82, 2.24) is 5.32 Å². The largest absolute Gasteiger partial charge is 0.493 e. The van der Waals surface area contributed by atoms with Crippen molar-refractivity contribution in [2.45, 2.75) is 33.2 Å². The van der Waals surface area contributed by atoms with E-state index >= 15 is 0 Å². The third kappa shape index (κ3) is 8.75. The van der Waals surface area contributed by atoms with Gasteiger partial charge in [0.25, 0.3) is 0 Å². The van der Waals surface area contributed by atoms with E-state index in [1.165, 1.54) is 0 Å². The molecular weight excluding hydrogens is 411 g/mol. The predicted molar refractivity (Wildman–Crippen MR) is 115 cm³/mol. The molecule has 0 unspecified atom stereocenters. The van der Waals surface area contributed by atoms with Gasteiger partial charge in [-0.2, -0.15) is 13.2 Å². The van der Waals surface area contributed by atoms with Crippen LogP contribution in [0.2, 0.25) is 0 Å². The van der Waals surface area contributed by atoms with Crippen LogP contribution in [0, 0.1) is 0 Å². The maximum Gasteiger partial charge on any atom is 0.411 e. The fourth-order valence-corrected chi connectivity index (χ4v) is 2.66. The summed E-state index contributed by atoms with van der Waals surface area (Å²) in [6, 6.07) is 12.6. The quantitative estimate of drug-likeness (QED) is 0.413. The van der Waals surface area contributed by atoms with E-state index in [0.29, 0.717) is 42.7 Å². The van der Waals surface area contributed by atoms with Gasteiger partial charge in [-0.15, -0.1) is 0 Å². The Hall–Kier alpha value is -2.94. The molecule has 0 fully saturated rings. The Morgan fingerprint density at radius 2 is 1.71 bits per heavy atom. The molecule has 2 N–H and O–H groups in total. The summed E-state index contributed by atoms with van der Waals surface area (Å²) in [7, 11) is 1.58. The zero-order chi connectivity index (χ0) is 22.7. The molecule has 0 amide bonds. The Labute approximate surface area is 180 Å². The third-order valence-electron chi connectivity index (χ3n) is 4.05. The first-order valence-corrected chi connectivity index (χ1v) is 9.93. The molecule has 0 saturated carbocycles. The van der Waals surface area contributed by atoms with Crippen molar-refractivity contribution < 1.29 is 27.4 Å². The van der Waals surface area contributed by atoms with Crippen LogP contribution in [-0.2, 0) is 17.9 Å². The minimum absolute atomic E-state index is 0.0904. The van der Waals surface area contributed by atoms with Crippen molar-refractivity contribution in [2.24, 2.45) is 4.99 Å². The Morgan fingerprint density at radius 1 is 1.00 bits per heavy atom. The Bertz CT molecular complexity index is 840. The van der Waals surface area contributed by atoms with E-state index in [1.54, 1.807) is 19.2 Å². The average Bonchev–Trinajstić information content (AvgIpc) is 2.73. The molecule has 0 aliphatic carbocycles. The second-order valence-corrected chi connectivity index (χ2v) is 6.54. The van der Waals surface area contributed by atoms with E-state index in [-0.39, 0.29) is 6.61 Å². The number of halogens is 3. The second-order valence-electron chi connectivity index (χ2n) is 6.54. The minimum Gasteiger partial charge on any atom is -0.493 e. The average molecular weight is 439 g/mol. The molecule has 2 aromatic rings. The molecule has 6 nitrogen and oxygen atoms in total. The summed E-state index contributed by atoms with van der Waals surface area (Å²) in [6.45, 7) is 4.14. The van der Waals surface area contributed by atoms with Crippen LogP contribution in [0.15, 0.2) is 47.5 Å². The van der Waals surface area contributed by atoms with Gasteiger partial charge < -0.3 is 24.8 Å². The molecule has 9 heteroatoms. The summed E-state index contributed by atoms with van der Waals surface area (Å²) in [5, 5.41) is 6.40. The molecule has 31 heavy (non-hydrogen) atoms. The van der Waals surface area contributed by atoms with E-state index in [0.717, 1.165) is 11.3 Å². The molecule has 0 radical (unpaired) electrons. The topological polar surface area (TPSA) is 64.1 Å². The van der Waals surface area contributed by atoms with Crippen LogP contribution in [0.25, 0.3) is 0 Å². The summed E-state index contributed by atoms with van der Waals surface area (Å²) in [5.74, 6) is 1.87. The molecule has 0 aliphatic rings. The maximum atomic E-state index is 12.1. The first-order chi connectivity index (χ1) is 14.8. The van der Waals surface area contributed by atoms with Crippen LogP contribution in [0.4, 0.5) is 18.9 Å². The highest BCUT2D eigenvalue weighted by Gasteiger charge is 2.27. The molecule has 0 bridgehead atoms. The van der Waals surface area contributed by atoms with Gasteiger partial charge in [0.2, 0.25) is 0 Å². The van der Waals surface area contributed by atoms with Gasteiger partial charge in [0.1, 0.15) is 6.61 Å². The van der Waals surface area contributed by atoms with Gasteiger partial charge in [-0.25, -0.2) is 4.99 Å². The molecule has 0 heterocycles. The van der Waals surface area contributed by atoms with Crippen molar-refractivity contribution in [3.05, 3.63) is 53.6 Å². The van der Waals surface area contributed by atoms with E-state index in [1.807, 2.05) is 44.2 Å². The van der Waals surface area contributed by atoms with Crippen molar-refractivity contribution >= 4 is 11.6 Å². The molecule has 0 spiro atoms. The summed E-state index contributed by atoms with van der Waals surface area (Å²) in [6.07, 6.45) is -4.32. The number of nitrogens with one attached hydrogen (secondary N) is 2. The number of ether oxygens (including phenoxy) is 3. The fraction of sp³-hybridized carbons (Fsp3) is 0.409. The van der Waals surface area contributed by atoms with Gasteiger partial charge in [0.15, 0.2) is 17.5 Å².